The van der Waals surface area contributed by atoms with E-state index in [9.17, 15) is 0 Å². The highest BCUT2D eigenvalue weighted by Gasteiger charge is 2.26. The molecule has 2 aromatic heterocycles. The van der Waals surface area contributed by atoms with Crippen LogP contribution in [0, 0.1) is 6.92 Å². The van der Waals surface area contributed by atoms with E-state index in [1.807, 2.05) is 30.7 Å². The Morgan fingerprint density at radius 1 is 1.44 bits per heavy atom. The number of benzene rings is 1. The first kappa shape index (κ1) is 16.1. The Kier molecular flexibility index (Phi) is 4.21. The van der Waals surface area contributed by atoms with Gasteiger partial charge < -0.3 is 9.15 Å². The SMILES string of the molecule is CCOc1cccc2cc([C@H](C)N[C@H]3CCCn4nc(C)nc43)oc12. The maximum atomic E-state index is 6.12. The summed E-state index contributed by atoms with van der Waals surface area (Å²) in [7, 11) is 0. The van der Waals surface area contributed by atoms with Crippen molar-refractivity contribution in [2.75, 3.05) is 6.61 Å². The van der Waals surface area contributed by atoms with Crippen molar-refractivity contribution in [2.24, 2.45) is 0 Å². The average molecular weight is 340 g/mol. The number of nitrogens with one attached hydrogen (secondary N) is 1. The monoisotopic (exact) mass is 340 g/mol. The van der Waals surface area contributed by atoms with Crippen LogP contribution in [-0.2, 0) is 6.54 Å². The van der Waals surface area contributed by atoms with Crippen LogP contribution in [0.25, 0.3) is 11.0 Å². The standard InChI is InChI=1S/C19H24N4O2/c1-4-24-16-9-5-7-14-11-17(25-18(14)16)12(2)20-15-8-6-10-23-19(15)21-13(3)22-23/h5,7,9,11-12,15,20H,4,6,8,10H2,1-3H3/t12-,15-/m0/s1. The van der Waals surface area contributed by atoms with E-state index in [1.165, 1.54) is 0 Å². The van der Waals surface area contributed by atoms with E-state index in [4.69, 9.17) is 9.15 Å². The van der Waals surface area contributed by atoms with Crippen LogP contribution in [0.4, 0.5) is 0 Å². The minimum Gasteiger partial charge on any atom is -0.490 e. The van der Waals surface area contributed by atoms with Crippen LogP contribution >= 0.6 is 0 Å². The largest absolute Gasteiger partial charge is 0.490 e. The van der Waals surface area contributed by atoms with Crippen LogP contribution < -0.4 is 10.1 Å². The quantitative estimate of drug-likeness (QED) is 0.763. The summed E-state index contributed by atoms with van der Waals surface area (Å²) in [6, 6.07) is 8.37. The summed E-state index contributed by atoms with van der Waals surface area (Å²) in [6.45, 7) is 7.62. The van der Waals surface area contributed by atoms with Crippen molar-refractivity contribution in [1.29, 1.82) is 0 Å². The Morgan fingerprint density at radius 2 is 2.32 bits per heavy atom. The molecule has 0 saturated heterocycles. The van der Waals surface area contributed by atoms with Gasteiger partial charge in [-0.05, 0) is 45.7 Å². The summed E-state index contributed by atoms with van der Waals surface area (Å²) < 4.78 is 13.8. The third kappa shape index (κ3) is 3.02. The predicted molar refractivity (Wildman–Crippen MR) is 95.7 cm³/mol. The summed E-state index contributed by atoms with van der Waals surface area (Å²) >= 11 is 0. The number of hydrogen-bond donors (Lipinski definition) is 1. The molecule has 1 aliphatic rings. The molecule has 132 valence electrons. The molecule has 3 heterocycles. The summed E-state index contributed by atoms with van der Waals surface area (Å²) in [6.07, 6.45) is 2.17. The smallest absolute Gasteiger partial charge is 0.176 e. The summed E-state index contributed by atoms with van der Waals surface area (Å²) in [5, 5.41) is 9.20. The molecule has 1 aliphatic heterocycles. The van der Waals surface area contributed by atoms with Crippen LogP contribution in [0.1, 0.15) is 56.2 Å². The molecule has 0 saturated carbocycles. The first-order valence-corrected chi connectivity index (χ1v) is 8.98. The molecule has 0 fully saturated rings. The van der Waals surface area contributed by atoms with Crippen molar-refractivity contribution in [3.05, 3.63) is 41.7 Å². The third-order valence-corrected chi connectivity index (χ3v) is 4.69. The average Bonchev–Trinajstić information content (AvgIpc) is 3.19. The number of rotatable bonds is 5. The minimum absolute atomic E-state index is 0.0791. The number of nitrogens with zero attached hydrogens (tertiary/aromatic N) is 3. The Bertz CT molecular complexity index is 883. The van der Waals surface area contributed by atoms with Gasteiger partial charge in [-0.2, -0.15) is 5.10 Å². The van der Waals surface area contributed by atoms with Gasteiger partial charge in [-0.3, -0.25) is 5.32 Å². The molecule has 3 aromatic rings. The van der Waals surface area contributed by atoms with E-state index in [1.54, 1.807) is 0 Å². The van der Waals surface area contributed by atoms with Crippen molar-refractivity contribution < 1.29 is 9.15 Å². The molecule has 0 radical (unpaired) electrons. The molecule has 4 rings (SSSR count). The molecule has 2 atom stereocenters. The van der Waals surface area contributed by atoms with Gasteiger partial charge in [0.1, 0.15) is 17.4 Å². The number of furan rings is 1. The second-order valence-corrected chi connectivity index (χ2v) is 6.58. The minimum atomic E-state index is 0.0791. The molecule has 0 aliphatic carbocycles. The first-order chi connectivity index (χ1) is 12.2. The number of aromatic nitrogens is 3. The highest BCUT2D eigenvalue weighted by Crippen LogP contribution is 2.33. The molecule has 0 bridgehead atoms. The summed E-state index contributed by atoms with van der Waals surface area (Å²) in [5.41, 5.74) is 0.815. The predicted octanol–water partition coefficient (Wildman–Crippen LogP) is 3.92. The van der Waals surface area contributed by atoms with E-state index in [0.717, 1.165) is 53.5 Å². The van der Waals surface area contributed by atoms with Crippen molar-refractivity contribution >= 4 is 11.0 Å². The van der Waals surface area contributed by atoms with Crippen molar-refractivity contribution in [2.45, 2.75) is 52.2 Å². The third-order valence-electron chi connectivity index (χ3n) is 4.69. The number of fused-ring (bicyclic) bond motifs is 2. The Morgan fingerprint density at radius 3 is 3.16 bits per heavy atom. The topological polar surface area (TPSA) is 65.1 Å². The molecule has 0 amide bonds. The molecular weight excluding hydrogens is 316 g/mol. The molecule has 25 heavy (non-hydrogen) atoms. The Hall–Kier alpha value is -2.34. The zero-order valence-electron chi connectivity index (χ0n) is 15.0. The van der Waals surface area contributed by atoms with Gasteiger partial charge in [0, 0.05) is 11.9 Å². The van der Waals surface area contributed by atoms with E-state index in [-0.39, 0.29) is 12.1 Å². The fraction of sp³-hybridized carbons (Fsp3) is 0.474. The lowest BCUT2D eigenvalue weighted by atomic mass is 10.1. The van der Waals surface area contributed by atoms with Crippen LogP contribution in [-0.4, -0.2) is 21.4 Å². The van der Waals surface area contributed by atoms with Gasteiger partial charge in [-0.15, -0.1) is 0 Å². The lowest BCUT2D eigenvalue weighted by Crippen LogP contribution is -2.30. The van der Waals surface area contributed by atoms with E-state index >= 15 is 0 Å². The molecule has 1 N–H and O–H groups in total. The normalized spacial score (nSPS) is 18.3. The molecule has 0 unspecified atom stereocenters. The van der Waals surface area contributed by atoms with Crippen LogP contribution in [0.5, 0.6) is 5.75 Å². The lowest BCUT2D eigenvalue weighted by Gasteiger charge is -2.25. The molecule has 0 spiro atoms. The zero-order chi connectivity index (χ0) is 17.4. The van der Waals surface area contributed by atoms with Gasteiger partial charge in [0.2, 0.25) is 0 Å². The maximum Gasteiger partial charge on any atom is 0.176 e. The van der Waals surface area contributed by atoms with Crippen LogP contribution in [0.2, 0.25) is 0 Å². The van der Waals surface area contributed by atoms with Crippen molar-refractivity contribution in [1.82, 2.24) is 20.1 Å². The second kappa shape index (κ2) is 6.52. The Balaban J connectivity index is 1.58. The van der Waals surface area contributed by atoms with Gasteiger partial charge in [0.25, 0.3) is 0 Å². The number of ether oxygens (including phenoxy) is 1. The molecule has 6 heteroatoms. The molecule has 1 aromatic carbocycles. The maximum absolute atomic E-state index is 6.12. The van der Waals surface area contributed by atoms with E-state index in [2.05, 4.69) is 34.5 Å². The van der Waals surface area contributed by atoms with Gasteiger partial charge in [-0.1, -0.05) is 12.1 Å². The fourth-order valence-corrected chi connectivity index (χ4v) is 3.55. The number of para-hydroxylation sites is 1. The lowest BCUT2D eigenvalue weighted by molar-refractivity contribution is 0.319. The van der Waals surface area contributed by atoms with E-state index < -0.39 is 0 Å². The van der Waals surface area contributed by atoms with Crippen molar-refractivity contribution in [3.8, 4) is 5.75 Å². The number of hydrogen-bond acceptors (Lipinski definition) is 5. The zero-order valence-corrected chi connectivity index (χ0v) is 15.0. The number of aryl methyl sites for hydroxylation is 2. The fourth-order valence-electron chi connectivity index (χ4n) is 3.55. The Labute approximate surface area is 147 Å². The summed E-state index contributed by atoms with van der Waals surface area (Å²) in [5.74, 6) is 3.57. The van der Waals surface area contributed by atoms with E-state index in [0.29, 0.717) is 6.61 Å². The first-order valence-electron chi connectivity index (χ1n) is 8.98. The summed E-state index contributed by atoms with van der Waals surface area (Å²) in [4.78, 5) is 4.60. The highest BCUT2D eigenvalue weighted by atomic mass is 16.5. The van der Waals surface area contributed by atoms with Gasteiger partial charge in [0.05, 0.1) is 18.7 Å². The van der Waals surface area contributed by atoms with Gasteiger partial charge in [0.15, 0.2) is 11.3 Å². The highest BCUT2D eigenvalue weighted by molar-refractivity contribution is 5.83. The molecule has 6 nitrogen and oxygen atoms in total. The molecular formula is C19H24N4O2. The van der Waals surface area contributed by atoms with Gasteiger partial charge >= 0.3 is 0 Å². The van der Waals surface area contributed by atoms with Crippen molar-refractivity contribution in [3.63, 3.8) is 0 Å². The van der Waals surface area contributed by atoms with Gasteiger partial charge in [-0.25, -0.2) is 9.67 Å². The second-order valence-electron chi connectivity index (χ2n) is 6.58. The van der Waals surface area contributed by atoms with Crippen LogP contribution in [0.3, 0.4) is 0 Å². The van der Waals surface area contributed by atoms with Crippen LogP contribution in [0.15, 0.2) is 28.7 Å².